The molecule has 0 rings (SSSR count). The second-order valence-corrected chi connectivity index (χ2v) is 7.19. The molecule has 25 heavy (non-hydrogen) atoms. The summed E-state index contributed by atoms with van der Waals surface area (Å²) in [6, 6.07) is 0. The van der Waals surface area contributed by atoms with Gasteiger partial charge < -0.3 is 9.47 Å². The first kappa shape index (κ1) is 23.9. The molecule has 0 saturated carbocycles. The molecule has 0 spiro atoms. The van der Waals surface area contributed by atoms with Crippen LogP contribution in [0.2, 0.25) is 0 Å². The van der Waals surface area contributed by atoms with Crippen LogP contribution in [0, 0.1) is 11.8 Å². The minimum absolute atomic E-state index is 0.0393. The van der Waals surface area contributed by atoms with Gasteiger partial charge in [0.05, 0.1) is 25.0 Å². The fraction of sp³-hybridized carbons (Fsp3) is 0.905. The summed E-state index contributed by atoms with van der Waals surface area (Å²) in [6.07, 6.45) is 11.7. The third kappa shape index (κ3) is 13.9. The van der Waals surface area contributed by atoms with E-state index < -0.39 is 0 Å². The van der Waals surface area contributed by atoms with Crippen molar-refractivity contribution in [3.05, 3.63) is 0 Å². The average Bonchev–Trinajstić information content (AvgIpc) is 2.61. The Balaban J connectivity index is 3.63. The molecule has 4 nitrogen and oxygen atoms in total. The molecule has 4 heteroatoms. The highest BCUT2D eigenvalue weighted by Crippen LogP contribution is 2.13. The number of unbranched alkanes of at least 4 members (excludes halogenated alkanes) is 6. The minimum Gasteiger partial charge on any atom is -0.465 e. The van der Waals surface area contributed by atoms with E-state index in [1.807, 2.05) is 13.8 Å². The van der Waals surface area contributed by atoms with E-state index in [4.69, 9.17) is 9.47 Å². The zero-order valence-corrected chi connectivity index (χ0v) is 17.0. The minimum atomic E-state index is -0.132. The zero-order valence-electron chi connectivity index (χ0n) is 17.0. The molecule has 0 saturated heterocycles. The third-order valence-electron chi connectivity index (χ3n) is 4.56. The Bertz CT molecular complexity index is 309. The molecule has 0 aliphatic carbocycles. The Morgan fingerprint density at radius 3 is 1.40 bits per heavy atom. The molecule has 0 aromatic carbocycles. The van der Waals surface area contributed by atoms with Crippen molar-refractivity contribution < 1.29 is 19.1 Å². The summed E-state index contributed by atoms with van der Waals surface area (Å²) in [7, 11) is 0. The van der Waals surface area contributed by atoms with E-state index in [9.17, 15) is 9.59 Å². The highest BCUT2D eigenvalue weighted by molar-refractivity contribution is 5.72. The summed E-state index contributed by atoms with van der Waals surface area (Å²) in [5.74, 6) is -0.343. The number of ether oxygens (including phenoxy) is 2. The Kier molecular flexibility index (Phi) is 15.7. The predicted molar refractivity (Wildman–Crippen MR) is 102 cm³/mol. The molecule has 148 valence electrons. The van der Waals surface area contributed by atoms with Gasteiger partial charge in [0, 0.05) is 6.42 Å². The molecule has 0 fully saturated rings. The van der Waals surface area contributed by atoms with Crippen LogP contribution in [0.4, 0.5) is 0 Å². The molecule has 0 amide bonds. The van der Waals surface area contributed by atoms with Crippen molar-refractivity contribution in [1.82, 2.24) is 0 Å². The van der Waals surface area contributed by atoms with Crippen LogP contribution in [-0.2, 0) is 19.1 Å². The van der Waals surface area contributed by atoms with Gasteiger partial charge in [0.1, 0.15) is 0 Å². The van der Waals surface area contributed by atoms with E-state index >= 15 is 0 Å². The maximum atomic E-state index is 11.9. The van der Waals surface area contributed by atoms with Gasteiger partial charge >= 0.3 is 11.9 Å². The normalized spacial score (nSPS) is 13.3. The summed E-state index contributed by atoms with van der Waals surface area (Å²) in [4.78, 5) is 23.7. The van der Waals surface area contributed by atoms with Gasteiger partial charge in [-0.15, -0.1) is 0 Å². The Morgan fingerprint density at radius 1 is 0.640 bits per heavy atom. The second kappa shape index (κ2) is 16.4. The largest absolute Gasteiger partial charge is 0.465 e. The van der Waals surface area contributed by atoms with E-state index in [-0.39, 0.29) is 23.8 Å². The first-order chi connectivity index (χ1) is 12.0. The quantitative estimate of drug-likeness (QED) is 0.264. The van der Waals surface area contributed by atoms with Crippen LogP contribution in [0.3, 0.4) is 0 Å². The molecule has 2 atom stereocenters. The van der Waals surface area contributed by atoms with Crippen LogP contribution in [0.1, 0.15) is 98.3 Å². The number of rotatable bonds is 16. The van der Waals surface area contributed by atoms with Crippen molar-refractivity contribution in [3.63, 3.8) is 0 Å². The number of carbonyl (C=O) groups is 2. The second-order valence-electron chi connectivity index (χ2n) is 7.19. The van der Waals surface area contributed by atoms with Gasteiger partial charge in [-0.1, -0.05) is 79.1 Å². The van der Waals surface area contributed by atoms with Crippen molar-refractivity contribution in [1.29, 1.82) is 0 Å². The maximum Gasteiger partial charge on any atom is 0.308 e. The van der Waals surface area contributed by atoms with E-state index in [0.29, 0.717) is 19.6 Å². The molecule has 0 bridgehead atoms. The van der Waals surface area contributed by atoms with Crippen molar-refractivity contribution in [2.75, 3.05) is 13.2 Å². The molecule has 0 aromatic heterocycles. The van der Waals surface area contributed by atoms with Crippen molar-refractivity contribution in [2.45, 2.75) is 98.3 Å². The molecule has 0 aliphatic rings. The van der Waals surface area contributed by atoms with E-state index in [1.165, 1.54) is 38.5 Å². The Morgan fingerprint density at radius 2 is 1.04 bits per heavy atom. The maximum absolute atomic E-state index is 11.9. The first-order valence-corrected chi connectivity index (χ1v) is 10.4. The van der Waals surface area contributed by atoms with Gasteiger partial charge in [-0.3, -0.25) is 9.59 Å². The van der Waals surface area contributed by atoms with Crippen LogP contribution in [-0.4, -0.2) is 25.2 Å². The Hall–Kier alpha value is -1.06. The van der Waals surface area contributed by atoms with Gasteiger partial charge in [-0.2, -0.15) is 0 Å². The molecule has 2 unspecified atom stereocenters. The van der Waals surface area contributed by atoms with Crippen LogP contribution in [0.15, 0.2) is 0 Å². The van der Waals surface area contributed by atoms with Crippen molar-refractivity contribution in [3.8, 4) is 0 Å². The lowest BCUT2D eigenvalue weighted by Gasteiger charge is -2.13. The first-order valence-electron chi connectivity index (χ1n) is 10.4. The van der Waals surface area contributed by atoms with E-state index in [2.05, 4.69) is 13.8 Å². The molecule has 0 radical (unpaired) electrons. The third-order valence-corrected chi connectivity index (χ3v) is 4.56. The topological polar surface area (TPSA) is 52.6 Å². The standard InChI is InChI=1S/C21H40O4/c1-5-7-9-11-14-18(3)20(22)24-16-13-17-25-21(23)19(4)15-12-10-8-6-2/h18-19H,5-17H2,1-4H3. The van der Waals surface area contributed by atoms with Crippen molar-refractivity contribution >= 4 is 11.9 Å². The zero-order chi connectivity index (χ0) is 18.9. The predicted octanol–water partition coefficient (Wildman–Crippen LogP) is 5.68. The lowest BCUT2D eigenvalue weighted by atomic mass is 10.0. The average molecular weight is 357 g/mol. The number of hydrogen-bond acceptors (Lipinski definition) is 4. The lowest BCUT2D eigenvalue weighted by Crippen LogP contribution is -2.18. The summed E-state index contributed by atoms with van der Waals surface area (Å²) in [6.45, 7) is 8.87. The summed E-state index contributed by atoms with van der Waals surface area (Å²) in [5, 5.41) is 0. The van der Waals surface area contributed by atoms with Crippen LogP contribution < -0.4 is 0 Å². The van der Waals surface area contributed by atoms with Crippen LogP contribution >= 0.6 is 0 Å². The summed E-state index contributed by atoms with van der Waals surface area (Å²) >= 11 is 0. The highest BCUT2D eigenvalue weighted by Gasteiger charge is 2.15. The fourth-order valence-electron chi connectivity index (χ4n) is 2.68. The van der Waals surface area contributed by atoms with Gasteiger partial charge in [0.25, 0.3) is 0 Å². The van der Waals surface area contributed by atoms with Crippen LogP contribution in [0.25, 0.3) is 0 Å². The lowest BCUT2D eigenvalue weighted by molar-refractivity contribution is -0.150. The molecule has 0 aromatic rings. The smallest absolute Gasteiger partial charge is 0.308 e. The number of esters is 2. The SMILES string of the molecule is CCCCCCC(C)C(=O)OCCCOC(=O)C(C)CCCCCC. The molecule has 0 heterocycles. The van der Waals surface area contributed by atoms with Crippen LogP contribution in [0.5, 0.6) is 0 Å². The molecule has 0 aliphatic heterocycles. The number of hydrogen-bond donors (Lipinski definition) is 0. The monoisotopic (exact) mass is 356 g/mol. The summed E-state index contributed by atoms with van der Waals surface area (Å²) in [5.41, 5.74) is 0. The number of carbonyl (C=O) groups excluding carboxylic acids is 2. The van der Waals surface area contributed by atoms with E-state index in [0.717, 1.165) is 25.7 Å². The summed E-state index contributed by atoms with van der Waals surface area (Å²) < 4.78 is 10.5. The van der Waals surface area contributed by atoms with Gasteiger partial charge in [0.15, 0.2) is 0 Å². The fourth-order valence-corrected chi connectivity index (χ4v) is 2.68. The highest BCUT2D eigenvalue weighted by atomic mass is 16.5. The van der Waals surface area contributed by atoms with Gasteiger partial charge in [-0.25, -0.2) is 0 Å². The van der Waals surface area contributed by atoms with Crippen molar-refractivity contribution in [2.24, 2.45) is 11.8 Å². The molecular formula is C21H40O4. The van der Waals surface area contributed by atoms with E-state index in [1.54, 1.807) is 0 Å². The molecular weight excluding hydrogens is 316 g/mol. The van der Waals surface area contributed by atoms with Gasteiger partial charge in [0.2, 0.25) is 0 Å². The Labute approximate surface area is 155 Å². The molecule has 0 N–H and O–H groups in total. The van der Waals surface area contributed by atoms with Gasteiger partial charge in [-0.05, 0) is 12.8 Å².